The van der Waals surface area contributed by atoms with Gasteiger partial charge in [0.1, 0.15) is 11.6 Å². The molecule has 1 N–H and O–H groups in total. The number of amides is 1. The molecule has 1 aromatic carbocycles. The predicted octanol–water partition coefficient (Wildman–Crippen LogP) is 6.47. The third-order valence-corrected chi connectivity index (χ3v) is 9.11. The molecule has 0 aliphatic carbocycles. The number of rotatable bonds is 13. The summed E-state index contributed by atoms with van der Waals surface area (Å²) in [5, 5.41) is 7.30. The Labute approximate surface area is 284 Å². The summed E-state index contributed by atoms with van der Waals surface area (Å²) in [5.41, 5.74) is 1.50. The molecule has 4 rings (SSSR count). The number of hydrogen-bond donors (Lipinski definition) is 1. The number of halogens is 2. The molecule has 1 aliphatic rings. The molecule has 1 aliphatic heterocycles. The molecule has 3 aromatic rings. The van der Waals surface area contributed by atoms with Crippen molar-refractivity contribution in [2.75, 3.05) is 31.1 Å². The Hall–Kier alpha value is -3.64. The lowest BCUT2D eigenvalue weighted by Crippen LogP contribution is -2.41. The van der Waals surface area contributed by atoms with Gasteiger partial charge in [-0.05, 0) is 89.5 Å². The lowest BCUT2D eigenvalue weighted by molar-refractivity contribution is -0.166. The van der Waals surface area contributed by atoms with Gasteiger partial charge in [-0.3, -0.25) is 9.59 Å². The minimum atomic E-state index is -1.09. The number of Topliss-reactive ketones (excluding diaryl/α,β-unsaturated/α-hetero) is 1. The van der Waals surface area contributed by atoms with Crippen LogP contribution in [0.1, 0.15) is 93.7 Å². The summed E-state index contributed by atoms with van der Waals surface area (Å²) in [6.45, 7) is 16.6. The van der Waals surface area contributed by atoms with E-state index in [0.29, 0.717) is 45.8 Å². The van der Waals surface area contributed by atoms with Gasteiger partial charge in [0.05, 0.1) is 24.3 Å². The molecule has 254 valence electrons. The number of nitrogens with zero attached hydrogens (tertiary/aromatic N) is 4. The topological polar surface area (TPSA) is 115 Å². The van der Waals surface area contributed by atoms with Gasteiger partial charge in [0, 0.05) is 35.7 Å². The van der Waals surface area contributed by atoms with Crippen LogP contribution in [0.15, 0.2) is 41.4 Å². The van der Waals surface area contributed by atoms with Crippen molar-refractivity contribution in [1.82, 2.24) is 19.9 Å². The number of ether oxygens (including phenoxy) is 2. The maximum absolute atomic E-state index is 13.7. The Kier molecular flexibility index (Phi) is 11.6. The molecule has 1 amide bonds. The van der Waals surface area contributed by atoms with Crippen molar-refractivity contribution in [2.45, 2.75) is 85.4 Å². The van der Waals surface area contributed by atoms with Gasteiger partial charge in [0.2, 0.25) is 0 Å². The smallest absolute Gasteiger partial charge is 0.340 e. The standard InChI is InChI=1S/C35H45BrFN5O5/c1-8-10-13-35(7)14-16-41(17-15-35)32-29(30(33(45)46-9-2)47-34(4,5)6)22(3)39-28-20-27(40-42(28)32)31(44)38-21-25(43)19-23-18-24(37)11-12-26(23)36/h8,11-12,18,20,30H,1,9-10,13-17,19,21H2,2-7H3,(H,38,44). The van der Waals surface area contributed by atoms with Crippen LogP contribution in [0.2, 0.25) is 0 Å². The molecule has 12 heteroatoms. The van der Waals surface area contributed by atoms with E-state index in [1.807, 2.05) is 33.8 Å². The molecule has 0 spiro atoms. The third-order valence-electron chi connectivity index (χ3n) is 8.33. The Morgan fingerprint density at radius 2 is 1.91 bits per heavy atom. The summed E-state index contributed by atoms with van der Waals surface area (Å²) < 4.78 is 27.7. The van der Waals surface area contributed by atoms with Gasteiger partial charge < -0.3 is 19.7 Å². The zero-order valence-electron chi connectivity index (χ0n) is 28.1. The van der Waals surface area contributed by atoms with Crippen molar-refractivity contribution < 1.29 is 28.2 Å². The van der Waals surface area contributed by atoms with E-state index < -0.39 is 29.4 Å². The number of benzene rings is 1. The normalized spacial score (nSPS) is 15.4. The number of aromatic nitrogens is 3. The molecule has 1 atom stereocenters. The summed E-state index contributed by atoms with van der Waals surface area (Å²) in [6, 6.07) is 5.69. The number of allylic oxidation sites excluding steroid dienone is 1. The Bertz CT molecular complexity index is 1640. The molecular weight excluding hydrogens is 669 g/mol. The quantitative estimate of drug-likeness (QED) is 0.158. The van der Waals surface area contributed by atoms with Gasteiger partial charge in [-0.1, -0.05) is 28.9 Å². The van der Waals surface area contributed by atoms with Gasteiger partial charge in [-0.2, -0.15) is 9.61 Å². The molecule has 3 heterocycles. The predicted molar refractivity (Wildman–Crippen MR) is 182 cm³/mol. The van der Waals surface area contributed by atoms with Crippen LogP contribution in [-0.2, 0) is 25.5 Å². The SMILES string of the molecule is C=CCCC1(C)CCN(c2c(C(OC(C)(C)C)C(=O)OCC)c(C)nc3cc(C(=O)NCC(=O)Cc4cc(F)ccc4Br)nn23)CC1. The second-order valence-corrected chi connectivity index (χ2v) is 14.2. The number of anilines is 1. The highest BCUT2D eigenvalue weighted by molar-refractivity contribution is 9.10. The average Bonchev–Trinajstić information content (AvgIpc) is 3.43. The second-order valence-electron chi connectivity index (χ2n) is 13.4. The zero-order valence-corrected chi connectivity index (χ0v) is 29.7. The molecular formula is C35H45BrFN5O5. The number of esters is 1. The number of nitrogens with one attached hydrogen (secondary N) is 1. The number of carbonyl (C=O) groups is 3. The van der Waals surface area contributed by atoms with Crippen molar-refractivity contribution in [3.63, 3.8) is 0 Å². The molecule has 1 saturated heterocycles. The van der Waals surface area contributed by atoms with Crippen LogP contribution in [0.3, 0.4) is 0 Å². The fourth-order valence-corrected chi connectivity index (χ4v) is 6.20. The highest BCUT2D eigenvalue weighted by Gasteiger charge is 2.38. The van der Waals surface area contributed by atoms with E-state index in [1.165, 1.54) is 18.2 Å². The summed E-state index contributed by atoms with van der Waals surface area (Å²) in [5.74, 6) is -1.22. The first-order valence-corrected chi connectivity index (χ1v) is 16.8. The third kappa shape index (κ3) is 9.04. The summed E-state index contributed by atoms with van der Waals surface area (Å²) in [6.07, 6.45) is 4.59. The lowest BCUT2D eigenvalue weighted by Gasteiger charge is -2.41. The summed E-state index contributed by atoms with van der Waals surface area (Å²) in [4.78, 5) is 46.4. The average molecular weight is 715 g/mol. The summed E-state index contributed by atoms with van der Waals surface area (Å²) in [7, 11) is 0. The highest BCUT2D eigenvalue weighted by atomic mass is 79.9. The minimum Gasteiger partial charge on any atom is -0.464 e. The fraction of sp³-hybridized carbons (Fsp3) is 0.514. The number of ketones is 1. The lowest BCUT2D eigenvalue weighted by atomic mass is 9.76. The molecule has 0 bridgehead atoms. The van der Waals surface area contributed by atoms with Gasteiger partial charge in [-0.25, -0.2) is 14.2 Å². The fourth-order valence-electron chi connectivity index (χ4n) is 5.82. The molecule has 0 saturated carbocycles. The largest absolute Gasteiger partial charge is 0.464 e. The highest BCUT2D eigenvalue weighted by Crippen LogP contribution is 2.41. The van der Waals surface area contributed by atoms with Crippen LogP contribution in [0, 0.1) is 18.2 Å². The van der Waals surface area contributed by atoms with Gasteiger partial charge in [0.25, 0.3) is 5.91 Å². The monoisotopic (exact) mass is 713 g/mol. The van der Waals surface area contributed by atoms with Gasteiger partial charge >= 0.3 is 5.97 Å². The van der Waals surface area contributed by atoms with Crippen LogP contribution >= 0.6 is 15.9 Å². The van der Waals surface area contributed by atoms with E-state index in [-0.39, 0.29) is 36.5 Å². The molecule has 1 fully saturated rings. The molecule has 0 radical (unpaired) electrons. The number of hydrogen-bond acceptors (Lipinski definition) is 8. The first kappa shape index (κ1) is 36.2. The van der Waals surface area contributed by atoms with Gasteiger partial charge in [0.15, 0.2) is 23.2 Å². The van der Waals surface area contributed by atoms with E-state index in [1.54, 1.807) is 17.5 Å². The van der Waals surface area contributed by atoms with Crippen LogP contribution in [-0.4, -0.2) is 64.1 Å². The van der Waals surface area contributed by atoms with Crippen LogP contribution in [0.5, 0.6) is 0 Å². The van der Waals surface area contributed by atoms with Crippen molar-refractivity contribution in [3.05, 3.63) is 69.7 Å². The summed E-state index contributed by atoms with van der Waals surface area (Å²) >= 11 is 3.34. The van der Waals surface area contributed by atoms with Crippen LogP contribution in [0.4, 0.5) is 10.2 Å². The second kappa shape index (κ2) is 15.1. The molecule has 2 aromatic heterocycles. The van der Waals surface area contributed by atoms with Crippen molar-refractivity contribution in [1.29, 1.82) is 0 Å². The minimum absolute atomic E-state index is 0.0538. The first-order valence-electron chi connectivity index (χ1n) is 16.0. The Morgan fingerprint density at radius 1 is 1.21 bits per heavy atom. The van der Waals surface area contributed by atoms with E-state index in [0.717, 1.165) is 25.7 Å². The van der Waals surface area contributed by atoms with E-state index in [2.05, 4.69) is 44.7 Å². The molecule has 10 nitrogen and oxygen atoms in total. The first-order chi connectivity index (χ1) is 22.1. The molecule has 47 heavy (non-hydrogen) atoms. The Balaban J connectivity index is 1.70. The number of carbonyl (C=O) groups excluding carboxylic acids is 3. The van der Waals surface area contributed by atoms with E-state index >= 15 is 0 Å². The number of aryl methyl sites for hydroxylation is 1. The maximum atomic E-state index is 13.7. The van der Waals surface area contributed by atoms with Crippen LogP contribution < -0.4 is 10.2 Å². The Morgan fingerprint density at radius 3 is 2.55 bits per heavy atom. The number of piperidine rings is 1. The van der Waals surface area contributed by atoms with Crippen molar-refractivity contribution in [2.24, 2.45) is 5.41 Å². The van der Waals surface area contributed by atoms with E-state index in [4.69, 9.17) is 14.5 Å². The van der Waals surface area contributed by atoms with E-state index in [9.17, 15) is 18.8 Å². The van der Waals surface area contributed by atoms with Crippen molar-refractivity contribution >= 4 is 45.1 Å². The van der Waals surface area contributed by atoms with Crippen LogP contribution in [0.25, 0.3) is 5.65 Å². The molecule has 1 unspecified atom stereocenters. The van der Waals surface area contributed by atoms with Gasteiger partial charge in [-0.15, -0.1) is 6.58 Å². The number of fused-ring (bicyclic) bond motifs is 1. The maximum Gasteiger partial charge on any atom is 0.340 e. The van der Waals surface area contributed by atoms with Crippen molar-refractivity contribution in [3.8, 4) is 0 Å². The zero-order chi connectivity index (χ0) is 34.5.